The molecule has 7 nitrogen and oxygen atoms in total. The molecule has 0 bridgehead atoms. The zero-order chi connectivity index (χ0) is 50.8. The lowest BCUT2D eigenvalue weighted by Crippen LogP contribution is -2.23. The third-order valence-electron chi connectivity index (χ3n) is 13.7. The third kappa shape index (κ3) is 13.5. The van der Waals surface area contributed by atoms with E-state index in [2.05, 4.69) is 267 Å². The fourth-order valence-electron chi connectivity index (χ4n) is 9.82. The highest BCUT2D eigenvalue weighted by Crippen LogP contribution is 2.44. The van der Waals surface area contributed by atoms with E-state index in [0.717, 1.165) is 109 Å². The van der Waals surface area contributed by atoms with Crippen LogP contribution in [0.5, 0.6) is 11.5 Å². The predicted octanol–water partition coefficient (Wildman–Crippen LogP) is 15.5. The maximum Gasteiger partial charge on any atom is 0.127 e. The van der Waals surface area contributed by atoms with Crippen molar-refractivity contribution in [2.75, 3.05) is 59.0 Å². The largest absolute Gasteiger partial charge is 0.493 e. The van der Waals surface area contributed by atoms with Crippen molar-refractivity contribution in [3.63, 3.8) is 0 Å². The minimum atomic E-state index is -0.535. The standard InChI is InChI=1S/C66H74N4O3/c1-7-67(8-2)59-41-43-61(63(45-59)71-11-5)65(55-33-37-57(38-34-55)69(47-51-25-17-13-18-26-51)48-52-27-19-14-20-28-52)73-66(62-44-42-60(68(9-3)10-4)46-64(62)72-12-6)56-35-39-58(40-36-56)70(49-53-29-21-15-22-30-53)50-54-31-23-16-24-32-54/h13-46,65-66H,7-12,47-50H2,1-6H3. The van der Waals surface area contributed by atoms with Crippen LogP contribution in [-0.2, 0) is 30.9 Å². The van der Waals surface area contributed by atoms with Crippen molar-refractivity contribution in [3.8, 4) is 11.5 Å². The molecule has 0 aromatic heterocycles. The first-order valence-corrected chi connectivity index (χ1v) is 26.5. The van der Waals surface area contributed by atoms with E-state index in [0.29, 0.717) is 13.2 Å². The Hall–Kier alpha value is -7.48. The number of benzene rings is 8. The number of hydrogen-bond acceptors (Lipinski definition) is 7. The predicted molar refractivity (Wildman–Crippen MR) is 306 cm³/mol. The van der Waals surface area contributed by atoms with Gasteiger partial charge in [-0.25, -0.2) is 0 Å². The summed E-state index contributed by atoms with van der Waals surface area (Å²) in [5, 5.41) is 0. The molecule has 0 saturated heterocycles. The molecule has 8 aromatic rings. The third-order valence-corrected chi connectivity index (χ3v) is 13.7. The highest BCUT2D eigenvalue weighted by molar-refractivity contribution is 5.59. The van der Waals surface area contributed by atoms with Crippen molar-refractivity contribution in [1.82, 2.24) is 0 Å². The SMILES string of the molecule is CCOc1cc(N(CC)CC)ccc1C(OC(c1ccc(N(Cc2ccccc2)Cc2ccccc2)cc1)c1ccc(N(CC)CC)cc1OCC)c1ccc(N(Cc2ccccc2)Cc2ccccc2)cc1. The van der Waals surface area contributed by atoms with Gasteiger partial charge in [-0.1, -0.05) is 158 Å². The van der Waals surface area contributed by atoms with Gasteiger partial charge < -0.3 is 33.8 Å². The number of anilines is 4. The summed E-state index contributed by atoms with van der Waals surface area (Å²) in [6.45, 7) is 20.6. The Labute approximate surface area is 436 Å². The first kappa shape index (κ1) is 51.9. The lowest BCUT2D eigenvalue weighted by atomic mass is 9.95. The van der Waals surface area contributed by atoms with E-state index in [-0.39, 0.29) is 0 Å². The van der Waals surface area contributed by atoms with Gasteiger partial charge in [-0.3, -0.25) is 0 Å². The van der Waals surface area contributed by atoms with Gasteiger partial charge >= 0.3 is 0 Å². The first-order chi connectivity index (χ1) is 35.9. The molecule has 0 saturated carbocycles. The molecule has 0 amide bonds. The summed E-state index contributed by atoms with van der Waals surface area (Å²) in [6, 6.07) is 74.1. The Morgan fingerprint density at radius 3 is 0.877 bits per heavy atom. The number of ether oxygens (including phenoxy) is 3. The molecule has 73 heavy (non-hydrogen) atoms. The Kier molecular flexibility index (Phi) is 18.7. The molecule has 0 fully saturated rings. The van der Waals surface area contributed by atoms with Crippen molar-refractivity contribution in [1.29, 1.82) is 0 Å². The van der Waals surface area contributed by atoms with Crippen molar-refractivity contribution < 1.29 is 14.2 Å². The summed E-state index contributed by atoms with van der Waals surface area (Å²) in [5.74, 6) is 1.62. The zero-order valence-electron chi connectivity index (χ0n) is 43.9. The van der Waals surface area contributed by atoms with Gasteiger partial charge in [0, 0.05) is 98.4 Å². The van der Waals surface area contributed by atoms with E-state index < -0.39 is 12.2 Å². The highest BCUT2D eigenvalue weighted by Gasteiger charge is 2.29. The molecule has 8 rings (SSSR count). The summed E-state index contributed by atoms with van der Waals surface area (Å²) < 4.78 is 21.1. The number of hydrogen-bond donors (Lipinski definition) is 0. The van der Waals surface area contributed by atoms with Gasteiger partial charge in [0.1, 0.15) is 23.7 Å². The van der Waals surface area contributed by atoms with E-state index in [1.807, 2.05) is 0 Å². The molecule has 8 aromatic carbocycles. The molecule has 0 radical (unpaired) electrons. The van der Waals surface area contributed by atoms with E-state index in [9.17, 15) is 0 Å². The molecule has 0 aliphatic carbocycles. The van der Waals surface area contributed by atoms with Gasteiger partial charge in [0.2, 0.25) is 0 Å². The van der Waals surface area contributed by atoms with Crippen LogP contribution in [0.25, 0.3) is 0 Å². The molecule has 0 spiro atoms. The smallest absolute Gasteiger partial charge is 0.127 e. The zero-order valence-corrected chi connectivity index (χ0v) is 43.9. The maximum absolute atomic E-state index is 7.84. The van der Waals surface area contributed by atoms with Gasteiger partial charge in [0.05, 0.1) is 13.2 Å². The lowest BCUT2D eigenvalue weighted by Gasteiger charge is -2.31. The summed E-state index contributed by atoms with van der Waals surface area (Å²) in [5.41, 5.74) is 13.5. The van der Waals surface area contributed by atoms with Crippen LogP contribution in [0.15, 0.2) is 206 Å². The molecule has 0 heterocycles. The Morgan fingerprint density at radius 2 is 0.603 bits per heavy atom. The van der Waals surface area contributed by atoms with Crippen LogP contribution in [0.3, 0.4) is 0 Å². The fourth-order valence-corrected chi connectivity index (χ4v) is 9.82. The van der Waals surface area contributed by atoms with Gasteiger partial charge in [0.15, 0.2) is 0 Å². The van der Waals surface area contributed by atoms with Crippen LogP contribution in [-0.4, -0.2) is 39.4 Å². The van der Waals surface area contributed by atoms with Crippen LogP contribution in [0.1, 0.15) is 98.3 Å². The molecular formula is C66H74N4O3. The van der Waals surface area contributed by atoms with E-state index in [1.165, 1.54) is 22.3 Å². The Bertz CT molecular complexity index is 2570. The van der Waals surface area contributed by atoms with Crippen LogP contribution in [0.2, 0.25) is 0 Å². The molecule has 2 unspecified atom stereocenters. The molecule has 0 N–H and O–H groups in total. The van der Waals surface area contributed by atoms with Gasteiger partial charge in [0.25, 0.3) is 0 Å². The topological polar surface area (TPSA) is 40.7 Å². The normalized spacial score (nSPS) is 11.9. The molecular weight excluding hydrogens is 897 g/mol. The van der Waals surface area contributed by atoms with Gasteiger partial charge in [-0.05, 0) is 111 Å². The second-order valence-electron chi connectivity index (χ2n) is 18.4. The summed E-state index contributed by atoms with van der Waals surface area (Å²) >= 11 is 0. The summed E-state index contributed by atoms with van der Waals surface area (Å²) in [7, 11) is 0. The van der Waals surface area contributed by atoms with Crippen LogP contribution in [0.4, 0.5) is 22.7 Å². The number of nitrogens with zero attached hydrogens (tertiary/aromatic N) is 4. The maximum atomic E-state index is 7.84. The summed E-state index contributed by atoms with van der Waals surface area (Å²) in [6.07, 6.45) is -1.07. The van der Waals surface area contributed by atoms with Crippen LogP contribution < -0.4 is 29.1 Å². The van der Waals surface area contributed by atoms with Gasteiger partial charge in [-0.2, -0.15) is 0 Å². The first-order valence-electron chi connectivity index (χ1n) is 26.5. The van der Waals surface area contributed by atoms with Crippen molar-refractivity contribution >= 4 is 22.7 Å². The summed E-state index contributed by atoms with van der Waals surface area (Å²) in [4.78, 5) is 9.62. The van der Waals surface area contributed by atoms with E-state index in [4.69, 9.17) is 14.2 Å². The minimum Gasteiger partial charge on any atom is -0.493 e. The number of rotatable bonds is 26. The van der Waals surface area contributed by atoms with E-state index >= 15 is 0 Å². The van der Waals surface area contributed by atoms with Crippen molar-refractivity contribution in [2.24, 2.45) is 0 Å². The minimum absolute atomic E-state index is 0.517. The van der Waals surface area contributed by atoms with Crippen LogP contribution in [0, 0.1) is 0 Å². The lowest BCUT2D eigenvalue weighted by molar-refractivity contribution is 0.0278. The monoisotopic (exact) mass is 971 g/mol. The highest BCUT2D eigenvalue weighted by atomic mass is 16.5. The van der Waals surface area contributed by atoms with Crippen molar-refractivity contribution in [3.05, 3.63) is 251 Å². The average molecular weight is 971 g/mol. The molecule has 376 valence electrons. The fraction of sp³-hybridized carbons (Fsp3) is 0.273. The second kappa shape index (κ2) is 26.3. The Balaban J connectivity index is 1.26. The quantitative estimate of drug-likeness (QED) is 0.0535. The van der Waals surface area contributed by atoms with Gasteiger partial charge in [-0.15, -0.1) is 0 Å². The molecule has 0 aliphatic heterocycles. The molecule has 0 aliphatic rings. The average Bonchev–Trinajstić information content (AvgIpc) is 3.44. The van der Waals surface area contributed by atoms with Crippen molar-refractivity contribution in [2.45, 2.75) is 79.9 Å². The van der Waals surface area contributed by atoms with E-state index in [1.54, 1.807) is 0 Å². The molecule has 2 atom stereocenters. The van der Waals surface area contributed by atoms with Crippen LogP contribution >= 0.6 is 0 Å². The molecule has 7 heteroatoms. The Morgan fingerprint density at radius 1 is 0.315 bits per heavy atom. The second-order valence-corrected chi connectivity index (χ2v) is 18.4.